The van der Waals surface area contributed by atoms with Crippen LogP contribution in [-0.2, 0) is 47.0 Å². The van der Waals surface area contributed by atoms with Gasteiger partial charge in [0.15, 0.2) is 0 Å². The molecule has 1 spiro atoms. The van der Waals surface area contributed by atoms with Crippen LogP contribution in [0.2, 0.25) is 0 Å². The molecule has 0 radical (unpaired) electrons. The van der Waals surface area contributed by atoms with Gasteiger partial charge in [-0.1, -0.05) is 0 Å². The van der Waals surface area contributed by atoms with Crippen LogP contribution in [0.15, 0.2) is 0 Å². The number of ketones is 1. The average molecular weight is 244 g/mol. The van der Waals surface area contributed by atoms with Gasteiger partial charge in [-0.3, -0.25) is 0 Å². The minimum absolute atomic E-state index is 0. The zero-order valence-corrected chi connectivity index (χ0v) is 9.75. The molecule has 2 rings (SSSR count). The maximum absolute atomic E-state index is 10.8. The summed E-state index contributed by atoms with van der Waals surface area (Å²) in [6.07, 6.45) is 3.60. The molecule has 1 aliphatic carbocycles. The van der Waals surface area contributed by atoms with Crippen LogP contribution < -0.4 is 0 Å². The van der Waals surface area contributed by atoms with Gasteiger partial charge in [-0.15, -0.1) is 6.42 Å². The zero-order valence-electron chi connectivity index (χ0n) is 6.91. The van der Waals surface area contributed by atoms with Crippen molar-refractivity contribution in [3.05, 3.63) is 6.42 Å². The Bertz CT molecular complexity index is 163. The number of carbonyl (C=O) groups is 1. The van der Waals surface area contributed by atoms with Crippen LogP contribution in [0.4, 0.5) is 0 Å². The molecule has 1 heterocycles. The minimum Gasteiger partial charge on any atom is -0.350 e. The molecule has 12 heavy (non-hydrogen) atoms. The van der Waals surface area contributed by atoms with E-state index >= 15 is 0 Å². The van der Waals surface area contributed by atoms with Crippen molar-refractivity contribution in [1.82, 2.24) is 0 Å². The molecular formula is C8H11O3Y+2. The van der Waals surface area contributed by atoms with Crippen LogP contribution >= 0.6 is 0 Å². The van der Waals surface area contributed by atoms with Gasteiger partial charge < -0.3 is 20.7 Å². The normalized spacial score (nSPS) is 26.5. The summed E-state index contributed by atoms with van der Waals surface area (Å²) in [5.74, 6) is -0.205. The summed E-state index contributed by atoms with van der Waals surface area (Å²) in [4.78, 5) is 10.8. The van der Waals surface area contributed by atoms with Gasteiger partial charge in [0.1, 0.15) is 5.79 Å². The Hall–Kier alpha value is 0.564. The van der Waals surface area contributed by atoms with E-state index in [0.29, 0.717) is 26.1 Å². The van der Waals surface area contributed by atoms with Crippen LogP contribution in [0, 0.1) is 6.42 Å². The van der Waals surface area contributed by atoms with Crippen LogP contribution in [0.3, 0.4) is 0 Å². The van der Waals surface area contributed by atoms with Crippen molar-refractivity contribution in [3.8, 4) is 0 Å². The van der Waals surface area contributed by atoms with Gasteiger partial charge in [-0.05, 0) is 12.2 Å². The van der Waals surface area contributed by atoms with E-state index in [2.05, 4.69) is 0 Å². The van der Waals surface area contributed by atoms with Crippen molar-refractivity contribution in [2.75, 3.05) is 13.2 Å². The minimum atomic E-state index is -0.423. The molecule has 0 unspecified atom stereocenters. The molecule has 1 saturated carbocycles. The number of hydrogen-bond donors (Lipinski definition) is 0. The summed E-state index contributed by atoms with van der Waals surface area (Å²) in [6.45, 7) is 1.34. The molecule has 1 saturated heterocycles. The molecule has 0 aromatic heterocycles. The molecule has 0 bridgehead atoms. The quantitative estimate of drug-likeness (QED) is 0.588. The Kier molecular flexibility index (Phi) is 3.71. The van der Waals surface area contributed by atoms with Gasteiger partial charge in [0.2, 0.25) is 0 Å². The number of Topliss-reactive ketones (excluding diaryl/α,β-unsaturated/α-hetero) is 1. The van der Waals surface area contributed by atoms with Gasteiger partial charge in [0.05, 0.1) is 13.2 Å². The summed E-state index contributed by atoms with van der Waals surface area (Å²) < 4.78 is 10.8. The molecule has 0 amide bonds. The summed E-state index contributed by atoms with van der Waals surface area (Å²) in [7, 11) is 0. The number of rotatable bonds is 0. The molecule has 4 heteroatoms. The maximum atomic E-state index is 10.8. The second-order valence-corrected chi connectivity index (χ2v) is 2.98. The van der Waals surface area contributed by atoms with Crippen molar-refractivity contribution < 1.29 is 47.0 Å². The van der Waals surface area contributed by atoms with Crippen molar-refractivity contribution in [1.29, 1.82) is 0 Å². The van der Waals surface area contributed by atoms with E-state index in [4.69, 9.17) is 9.47 Å². The fourth-order valence-electron chi connectivity index (χ4n) is 1.55. The van der Waals surface area contributed by atoms with E-state index in [1.54, 1.807) is 6.42 Å². The summed E-state index contributed by atoms with van der Waals surface area (Å²) >= 11 is 0. The predicted molar refractivity (Wildman–Crippen MR) is 37.8 cm³/mol. The van der Waals surface area contributed by atoms with E-state index < -0.39 is 5.79 Å². The van der Waals surface area contributed by atoms with Crippen LogP contribution in [0.5, 0.6) is 0 Å². The number of ether oxygens (including phenoxy) is 2. The largest absolute Gasteiger partial charge is 3.00 e. The van der Waals surface area contributed by atoms with Gasteiger partial charge in [0.25, 0.3) is 0 Å². The molecule has 0 atom stereocenters. The van der Waals surface area contributed by atoms with E-state index in [1.165, 1.54) is 0 Å². The number of hydrogen-bond acceptors (Lipinski definition) is 3. The molecule has 2 aliphatic rings. The molecule has 0 N–H and O–H groups in total. The van der Waals surface area contributed by atoms with Crippen LogP contribution in [-0.4, -0.2) is 24.8 Å². The fraction of sp³-hybridized carbons (Fsp3) is 0.750. The molecule has 2 fully saturated rings. The summed E-state index contributed by atoms with van der Waals surface area (Å²) in [6, 6.07) is 0. The molecule has 1 aliphatic heterocycles. The summed E-state index contributed by atoms with van der Waals surface area (Å²) in [5.41, 5.74) is 0. The number of carbonyl (C=O) groups excluding carboxylic acids is 1. The first kappa shape index (κ1) is 10.6. The van der Waals surface area contributed by atoms with Crippen LogP contribution in [0.1, 0.15) is 19.3 Å². The Morgan fingerprint density at radius 3 is 2.50 bits per heavy atom. The maximum Gasteiger partial charge on any atom is 3.00 e. The van der Waals surface area contributed by atoms with Crippen molar-refractivity contribution in [2.24, 2.45) is 0 Å². The fourth-order valence-corrected chi connectivity index (χ4v) is 1.55. The first-order valence-electron chi connectivity index (χ1n) is 3.95. The van der Waals surface area contributed by atoms with Gasteiger partial charge in [-0.2, -0.15) is 0 Å². The van der Waals surface area contributed by atoms with Crippen molar-refractivity contribution >= 4 is 5.78 Å². The van der Waals surface area contributed by atoms with E-state index in [0.717, 1.165) is 6.42 Å². The second kappa shape index (κ2) is 4.18. The predicted octanol–water partition coefficient (Wildman–Crippen LogP) is 0.684. The van der Waals surface area contributed by atoms with Gasteiger partial charge >= 0.3 is 32.7 Å². The molecule has 62 valence electrons. The second-order valence-electron chi connectivity index (χ2n) is 2.98. The Labute approximate surface area is 97.1 Å². The standard InChI is InChI=1S/C8H11O3.Y/c9-7-1-3-8(4-2-7)10-5-6-11-8;/h1H,2-6H2;/q-1;+3. The van der Waals surface area contributed by atoms with E-state index in [9.17, 15) is 4.79 Å². The van der Waals surface area contributed by atoms with Crippen LogP contribution in [0.25, 0.3) is 0 Å². The van der Waals surface area contributed by atoms with Crippen molar-refractivity contribution in [3.63, 3.8) is 0 Å². The Morgan fingerprint density at radius 2 is 2.00 bits per heavy atom. The van der Waals surface area contributed by atoms with Gasteiger partial charge in [-0.25, -0.2) is 0 Å². The molecular weight excluding hydrogens is 233 g/mol. The van der Waals surface area contributed by atoms with E-state index in [-0.39, 0.29) is 38.5 Å². The Balaban J connectivity index is 0.000000720. The van der Waals surface area contributed by atoms with Gasteiger partial charge in [0, 0.05) is 6.42 Å². The average Bonchev–Trinajstić information content (AvgIpc) is 2.45. The third-order valence-electron chi connectivity index (χ3n) is 2.21. The molecule has 0 aromatic rings. The topological polar surface area (TPSA) is 35.5 Å². The monoisotopic (exact) mass is 244 g/mol. The SMILES string of the molecule is O=C1[CH-]CC2(CC1)OCCO2.[Y+3]. The smallest absolute Gasteiger partial charge is 0.350 e. The third-order valence-corrected chi connectivity index (χ3v) is 2.21. The first-order valence-corrected chi connectivity index (χ1v) is 3.95. The van der Waals surface area contributed by atoms with Crippen molar-refractivity contribution in [2.45, 2.75) is 25.0 Å². The first-order chi connectivity index (χ1) is 5.31. The molecule has 0 aromatic carbocycles. The Morgan fingerprint density at radius 1 is 1.33 bits per heavy atom. The third kappa shape index (κ3) is 2.08. The zero-order chi connectivity index (χ0) is 7.73. The summed E-state index contributed by atoms with van der Waals surface area (Å²) in [5, 5.41) is 0. The molecule has 3 nitrogen and oxygen atoms in total. The van der Waals surface area contributed by atoms with E-state index in [1.807, 2.05) is 0 Å².